The smallest absolute Gasteiger partial charge is 0.317 e. The van der Waals surface area contributed by atoms with Gasteiger partial charge < -0.3 is 15.0 Å². The van der Waals surface area contributed by atoms with Crippen molar-refractivity contribution in [3.63, 3.8) is 0 Å². The van der Waals surface area contributed by atoms with Gasteiger partial charge in [-0.2, -0.15) is 0 Å². The van der Waals surface area contributed by atoms with Crippen LogP contribution in [-0.2, 0) is 11.2 Å². The second kappa shape index (κ2) is 6.91. The van der Waals surface area contributed by atoms with Gasteiger partial charge in [0.15, 0.2) is 6.61 Å². The molecule has 0 saturated heterocycles. The molecule has 0 aliphatic heterocycles. The van der Waals surface area contributed by atoms with E-state index in [2.05, 4.69) is 26.3 Å². The predicted molar refractivity (Wildman–Crippen MR) is 87.3 cm³/mol. The summed E-state index contributed by atoms with van der Waals surface area (Å²) in [4.78, 5) is 23.1. The number of rotatable bonds is 6. The molecule has 1 amide bonds. The number of aromatic amines is 1. The number of ether oxygens (including phenoxy) is 1. The van der Waals surface area contributed by atoms with Gasteiger partial charge in [-0.3, -0.25) is 4.79 Å². The highest BCUT2D eigenvalue weighted by atomic mass is 16.5. The fourth-order valence-corrected chi connectivity index (χ4v) is 2.35. The molecule has 0 fully saturated rings. The molecule has 0 spiro atoms. The van der Waals surface area contributed by atoms with Crippen LogP contribution in [0.5, 0.6) is 6.01 Å². The van der Waals surface area contributed by atoms with Gasteiger partial charge >= 0.3 is 6.01 Å². The first-order chi connectivity index (χ1) is 11.2. The van der Waals surface area contributed by atoms with E-state index in [4.69, 9.17) is 4.74 Å². The molecule has 23 heavy (non-hydrogen) atoms. The predicted octanol–water partition coefficient (Wildman–Crippen LogP) is 2.00. The first-order valence-electron chi connectivity index (χ1n) is 7.46. The van der Waals surface area contributed by atoms with Crippen LogP contribution in [-0.4, -0.2) is 34.0 Å². The number of hydrogen-bond donors (Lipinski definition) is 2. The highest BCUT2D eigenvalue weighted by Crippen LogP contribution is 2.17. The maximum Gasteiger partial charge on any atom is 0.317 e. The van der Waals surface area contributed by atoms with Gasteiger partial charge in [-0.1, -0.05) is 18.2 Å². The van der Waals surface area contributed by atoms with E-state index in [0.29, 0.717) is 6.54 Å². The molecule has 0 aliphatic carbocycles. The van der Waals surface area contributed by atoms with Gasteiger partial charge in [0.05, 0.1) is 0 Å². The van der Waals surface area contributed by atoms with Gasteiger partial charge in [-0.15, -0.1) is 0 Å². The van der Waals surface area contributed by atoms with Crippen molar-refractivity contribution in [1.82, 2.24) is 20.3 Å². The van der Waals surface area contributed by atoms with Crippen molar-refractivity contribution in [2.75, 3.05) is 13.2 Å². The number of benzene rings is 1. The van der Waals surface area contributed by atoms with E-state index >= 15 is 0 Å². The molecule has 3 rings (SSSR count). The van der Waals surface area contributed by atoms with Crippen LogP contribution in [0.2, 0.25) is 0 Å². The van der Waals surface area contributed by atoms with E-state index in [1.807, 2.05) is 31.3 Å². The third-order valence-corrected chi connectivity index (χ3v) is 3.50. The summed E-state index contributed by atoms with van der Waals surface area (Å²) in [6.45, 7) is 2.31. The number of aryl methyl sites for hydroxylation is 1. The zero-order chi connectivity index (χ0) is 16.1. The van der Waals surface area contributed by atoms with E-state index in [-0.39, 0.29) is 18.5 Å². The van der Waals surface area contributed by atoms with Crippen LogP contribution < -0.4 is 10.1 Å². The molecule has 1 aromatic carbocycles. The average Bonchev–Trinajstić information content (AvgIpc) is 2.97. The van der Waals surface area contributed by atoms with Crippen LogP contribution in [0.1, 0.15) is 11.3 Å². The number of nitrogens with one attached hydrogen (secondary N) is 2. The van der Waals surface area contributed by atoms with Crippen molar-refractivity contribution in [3.05, 3.63) is 54.0 Å². The number of fused-ring (bicyclic) bond motifs is 1. The van der Waals surface area contributed by atoms with Crippen molar-refractivity contribution in [3.8, 4) is 6.01 Å². The first kappa shape index (κ1) is 15.0. The number of amides is 1. The van der Waals surface area contributed by atoms with Gasteiger partial charge in [0, 0.05) is 35.5 Å². The standard InChI is InChI=1S/C17H18N4O2/c1-12-6-8-19-17(21-12)23-11-16(22)18-9-7-13-10-20-15-5-3-2-4-14(13)15/h2-6,8,10,20H,7,9,11H2,1H3,(H,18,22). The maximum atomic E-state index is 11.8. The molecule has 0 atom stereocenters. The summed E-state index contributed by atoms with van der Waals surface area (Å²) in [6.07, 6.45) is 4.34. The molecule has 2 N–H and O–H groups in total. The van der Waals surface area contributed by atoms with Crippen LogP contribution >= 0.6 is 0 Å². The van der Waals surface area contributed by atoms with E-state index in [0.717, 1.165) is 17.6 Å². The Balaban J connectivity index is 1.46. The van der Waals surface area contributed by atoms with Gasteiger partial charge in [0.25, 0.3) is 5.91 Å². The van der Waals surface area contributed by atoms with E-state index in [1.54, 1.807) is 12.3 Å². The number of carbonyl (C=O) groups is 1. The molecule has 0 bridgehead atoms. The Morgan fingerprint density at radius 1 is 1.30 bits per heavy atom. The molecule has 0 saturated carbocycles. The van der Waals surface area contributed by atoms with Crippen molar-refractivity contribution in [2.45, 2.75) is 13.3 Å². The second-order valence-electron chi connectivity index (χ2n) is 5.23. The molecule has 6 nitrogen and oxygen atoms in total. The number of hydrogen-bond acceptors (Lipinski definition) is 4. The molecule has 118 valence electrons. The third-order valence-electron chi connectivity index (χ3n) is 3.50. The quantitative estimate of drug-likeness (QED) is 0.730. The summed E-state index contributed by atoms with van der Waals surface area (Å²) >= 11 is 0. The van der Waals surface area contributed by atoms with Crippen molar-refractivity contribution < 1.29 is 9.53 Å². The lowest BCUT2D eigenvalue weighted by atomic mass is 10.1. The lowest BCUT2D eigenvalue weighted by Crippen LogP contribution is -2.30. The molecule has 0 unspecified atom stereocenters. The van der Waals surface area contributed by atoms with Crippen LogP contribution in [0, 0.1) is 6.92 Å². The fraction of sp³-hybridized carbons (Fsp3) is 0.235. The van der Waals surface area contributed by atoms with Crippen LogP contribution in [0.15, 0.2) is 42.7 Å². The largest absolute Gasteiger partial charge is 0.453 e. The summed E-state index contributed by atoms with van der Waals surface area (Å²) < 4.78 is 5.27. The monoisotopic (exact) mass is 310 g/mol. The minimum Gasteiger partial charge on any atom is -0.453 e. The van der Waals surface area contributed by atoms with E-state index in [1.165, 1.54) is 10.9 Å². The highest BCUT2D eigenvalue weighted by Gasteiger charge is 2.06. The summed E-state index contributed by atoms with van der Waals surface area (Å²) in [6, 6.07) is 10.1. The molecule has 0 radical (unpaired) electrons. The highest BCUT2D eigenvalue weighted by molar-refractivity contribution is 5.83. The Morgan fingerprint density at radius 3 is 3.04 bits per heavy atom. The van der Waals surface area contributed by atoms with Gasteiger partial charge in [0.2, 0.25) is 0 Å². The second-order valence-corrected chi connectivity index (χ2v) is 5.23. The zero-order valence-corrected chi connectivity index (χ0v) is 12.9. The number of H-pyrrole nitrogens is 1. The SMILES string of the molecule is Cc1ccnc(OCC(=O)NCCc2c[nH]c3ccccc23)n1. The molecule has 6 heteroatoms. The molecular weight excluding hydrogens is 292 g/mol. The van der Waals surface area contributed by atoms with E-state index in [9.17, 15) is 4.79 Å². The molecule has 3 aromatic rings. The van der Waals surface area contributed by atoms with Gasteiger partial charge in [-0.25, -0.2) is 9.97 Å². The maximum absolute atomic E-state index is 11.8. The lowest BCUT2D eigenvalue weighted by molar-refractivity contribution is -0.123. The fourth-order valence-electron chi connectivity index (χ4n) is 2.35. The van der Waals surface area contributed by atoms with Crippen molar-refractivity contribution in [2.24, 2.45) is 0 Å². The summed E-state index contributed by atoms with van der Waals surface area (Å²) in [5.41, 5.74) is 3.09. The van der Waals surface area contributed by atoms with Crippen LogP contribution in [0.3, 0.4) is 0 Å². The first-order valence-corrected chi connectivity index (χ1v) is 7.46. The molecule has 2 aromatic heterocycles. The topological polar surface area (TPSA) is 79.9 Å². The normalized spacial score (nSPS) is 10.7. The van der Waals surface area contributed by atoms with Crippen molar-refractivity contribution >= 4 is 16.8 Å². The van der Waals surface area contributed by atoms with Crippen LogP contribution in [0.25, 0.3) is 10.9 Å². The number of para-hydroxylation sites is 1. The number of nitrogens with zero attached hydrogens (tertiary/aromatic N) is 2. The lowest BCUT2D eigenvalue weighted by Gasteiger charge is -2.06. The summed E-state index contributed by atoms with van der Waals surface area (Å²) in [5.74, 6) is -0.185. The average molecular weight is 310 g/mol. The third kappa shape index (κ3) is 3.85. The molecule has 2 heterocycles. The number of aromatic nitrogens is 3. The van der Waals surface area contributed by atoms with Crippen molar-refractivity contribution in [1.29, 1.82) is 0 Å². The van der Waals surface area contributed by atoms with E-state index < -0.39 is 0 Å². The Labute approximate surface area is 133 Å². The Kier molecular flexibility index (Phi) is 4.52. The Bertz CT molecular complexity index is 813. The van der Waals surface area contributed by atoms with Gasteiger partial charge in [0.1, 0.15) is 0 Å². The summed E-state index contributed by atoms with van der Waals surface area (Å²) in [7, 11) is 0. The van der Waals surface area contributed by atoms with Crippen LogP contribution in [0.4, 0.5) is 0 Å². The number of carbonyl (C=O) groups excluding carboxylic acids is 1. The Morgan fingerprint density at radius 2 is 2.17 bits per heavy atom. The molecular formula is C17H18N4O2. The van der Waals surface area contributed by atoms with Gasteiger partial charge in [-0.05, 0) is 31.0 Å². The minimum atomic E-state index is -0.185. The molecule has 0 aliphatic rings. The summed E-state index contributed by atoms with van der Waals surface area (Å²) in [5, 5.41) is 4.02. The minimum absolute atomic E-state index is 0.0860. The Hall–Kier alpha value is -2.89. The zero-order valence-electron chi connectivity index (χ0n) is 12.9.